The van der Waals surface area contributed by atoms with E-state index >= 15 is 0 Å². The molecule has 150 valence electrons. The Hall–Kier alpha value is -1.98. The van der Waals surface area contributed by atoms with Crippen LogP contribution < -0.4 is 11.5 Å². The Morgan fingerprint density at radius 3 is 1.43 bits per heavy atom. The third-order valence-electron chi connectivity index (χ3n) is 5.19. The van der Waals surface area contributed by atoms with E-state index in [0.717, 1.165) is 25.7 Å². The molecule has 0 saturated carbocycles. The number of hydrogen-bond acceptors (Lipinski definition) is 2. The van der Waals surface area contributed by atoms with E-state index in [-0.39, 0.29) is 24.8 Å². The average molecular weight is 419 g/mol. The first-order valence-corrected chi connectivity index (χ1v) is 9.36. The molecular formula is C22H28Cl2N4. The lowest BCUT2D eigenvalue weighted by molar-refractivity contribution is 0.959. The maximum Gasteiger partial charge on any atom is 0.0456 e. The van der Waals surface area contributed by atoms with Crippen LogP contribution in [0.1, 0.15) is 22.3 Å². The number of nitrogens with two attached hydrogens (primary N) is 2. The van der Waals surface area contributed by atoms with Crippen molar-refractivity contribution < 1.29 is 0 Å². The Morgan fingerprint density at radius 1 is 0.607 bits per heavy atom. The van der Waals surface area contributed by atoms with Gasteiger partial charge in [-0.15, -0.1) is 24.8 Å². The van der Waals surface area contributed by atoms with E-state index in [9.17, 15) is 0 Å². The lowest BCUT2D eigenvalue weighted by Gasteiger charge is -2.05. The van der Waals surface area contributed by atoms with Gasteiger partial charge < -0.3 is 21.4 Å². The molecule has 0 aliphatic heterocycles. The van der Waals surface area contributed by atoms with Gasteiger partial charge in [0.05, 0.1) is 0 Å². The molecule has 4 aromatic rings. The summed E-state index contributed by atoms with van der Waals surface area (Å²) in [5.41, 5.74) is 19.2. The van der Waals surface area contributed by atoms with Crippen molar-refractivity contribution in [2.45, 2.75) is 25.7 Å². The minimum absolute atomic E-state index is 0. The SMILES string of the molecule is Cl.Cl.NCCc1c[nH]c2ccc(CCc3ccc4[nH]cc(CCN)c4c3)cc12. The highest BCUT2D eigenvalue weighted by Gasteiger charge is 2.07. The van der Waals surface area contributed by atoms with Gasteiger partial charge in [0.15, 0.2) is 0 Å². The second kappa shape index (κ2) is 9.99. The van der Waals surface area contributed by atoms with Gasteiger partial charge in [-0.05, 0) is 85.3 Å². The van der Waals surface area contributed by atoms with E-state index < -0.39 is 0 Å². The Balaban J connectivity index is 0.00000140. The molecule has 2 aromatic heterocycles. The first-order chi connectivity index (χ1) is 12.8. The fourth-order valence-corrected chi connectivity index (χ4v) is 3.78. The zero-order chi connectivity index (χ0) is 17.9. The molecule has 0 bridgehead atoms. The number of benzene rings is 2. The van der Waals surface area contributed by atoms with Crippen molar-refractivity contribution in [3.63, 3.8) is 0 Å². The van der Waals surface area contributed by atoms with Crippen molar-refractivity contribution in [1.29, 1.82) is 0 Å². The van der Waals surface area contributed by atoms with Crippen LogP contribution in [0.25, 0.3) is 21.8 Å². The summed E-state index contributed by atoms with van der Waals surface area (Å²) >= 11 is 0. The van der Waals surface area contributed by atoms with Gasteiger partial charge in [-0.2, -0.15) is 0 Å². The van der Waals surface area contributed by atoms with Crippen LogP contribution in [0, 0.1) is 0 Å². The Labute approximate surface area is 177 Å². The molecule has 0 spiro atoms. The molecule has 6 N–H and O–H groups in total. The minimum Gasteiger partial charge on any atom is -0.361 e. The van der Waals surface area contributed by atoms with E-state index in [0.29, 0.717) is 13.1 Å². The highest BCUT2D eigenvalue weighted by molar-refractivity contribution is 5.86. The van der Waals surface area contributed by atoms with Crippen molar-refractivity contribution in [2.75, 3.05) is 13.1 Å². The molecule has 0 fully saturated rings. The van der Waals surface area contributed by atoms with Gasteiger partial charge in [0.1, 0.15) is 0 Å². The summed E-state index contributed by atoms with van der Waals surface area (Å²) in [5.74, 6) is 0. The molecule has 0 saturated heterocycles. The van der Waals surface area contributed by atoms with Crippen LogP contribution in [0.5, 0.6) is 0 Å². The number of halogens is 2. The molecule has 6 heteroatoms. The van der Waals surface area contributed by atoms with Crippen LogP contribution in [-0.4, -0.2) is 23.1 Å². The fourth-order valence-electron chi connectivity index (χ4n) is 3.78. The highest BCUT2D eigenvalue weighted by Crippen LogP contribution is 2.23. The van der Waals surface area contributed by atoms with Gasteiger partial charge in [-0.25, -0.2) is 0 Å². The maximum atomic E-state index is 5.73. The lowest BCUT2D eigenvalue weighted by Crippen LogP contribution is -2.02. The zero-order valence-corrected chi connectivity index (χ0v) is 17.5. The molecule has 0 radical (unpaired) electrons. The smallest absolute Gasteiger partial charge is 0.0456 e. The van der Waals surface area contributed by atoms with Gasteiger partial charge in [-0.3, -0.25) is 0 Å². The number of aromatic amines is 2. The van der Waals surface area contributed by atoms with Crippen LogP contribution in [0.4, 0.5) is 0 Å². The van der Waals surface area contributed by atoms with Gasteiger partial charge in [0.25, 0.3) is 0 Å². The van der Waals surface area contributed by atoms with Crippen LogP contribution in [-0.2, 0) is 25.7 Å². The molecule has 0 atom stereocenters. The lowest BCUT2D eigenvalue weighted by atomic mass is 10.00. The number of fused-ring (bicyclic) bond motifs is 2. The highest BCUT2D eigenvalue weighted by atomic mass is 35.5. The van der Waals surface area contributed by atoms with Gasteiger partial charge in [0, 0.05) is 34.2 Å². The number of hydrogen-bond donors (Lipinski definition) is 4. The van der Waals surface area contributed by atoms with Gasteiger partial charge >= 0.3 is 0 Å². The number of H-pyrrole nitrogens is 2. The summed E-state index contributed by atoms with van der Waals surface area (Å²) in [6.45, 7) is 1.36. The summed E-state index contributed by atoms with van der Waals surface area (Å²) in [6, 6.07) is 13.4. The summed E-state index contributed by atoms with van der Waals surface area (Å²) in [4.78, 5) is 6.68. The van der Waals surface area contributed by atoms with Gasteiger partial charge in [-0.1, -0.05) is 12.1 Å². The maximum absolute atomic E-state index is 5.73. The van der Waals surface area contributed by atoms with E-state index in [4.69, 9.17) is 11.5 Å². The standard InChI is InChI=1S/C22H26N4.2ClH/c23-9-7-17-13-25-21-5-3-15(11-19(17)21)1-2-16-4-6-22-20(12-16)18(8-10-24)14-26-22;;/h3-6,11-14,25-26H,1-2,7-10,23-24H2;2*1H. The van der Waals surface area contributed by atoms with Crippen LogP contribution >= 0.6 is 24.8 Å². The topological polar surface area (TPSA) is 83.6 Å². The molecule has 28 heavy (non-hydrogen) atoms. The van der Waals surface area contributed by atoms with E-state index in [1.54, 1.807) is 0 Å². The predicted octanol–water partition coefficient (Wildman–Crippen LogP) is 4.28. The molecular weight excluding hydrogens is 391 g/mol. The molecule has 4 nitrogen and oxygen atoms in total. The normalized spacial score (nSPS) is 10.8. The van der Waals surface area contributed by atoms with Crippen molar-refractivity contribution in [2.24, 2.45) is 11.5 Å². The summed E-state index contributed by atoms with van der Waals surface area (Å²) in [6.07, 6.45) is 8.06. The first kappa shape index (κ1) is 22.3. The van der Waals surface area contributed by atoms with Crippen LogP contribution in [0.15, 0.2) is 48.8 Å². The van der Waals surface area contributed by atoms with E-state index in [2.05, 4.69) is 58.8 Å². The Bertz CT molecular complexity index is 952. The van der Waals surface area contributed by atoms with Crippen LogP contribution in [0.3, 0.4) is 0 Å². The quantitative estimate of drug-likeness (QED) is 0.361. The number of aryl methyl sites for hydroxylation is 2. The number of nitrogens with one attached hydrogen (secondary N) is 2. The molecule has 4 rings (SSSR count). The monoisotopic (exact) mass is 418 g/mol. The van der Waals surface area contributed by atoms with E-state index in [1.807, 2.05) is 0 Å². The van der Waals surface area contributed by atoms with Gasteiger partial charge in [0.2, 0.25) is 0 Å². The third kappa shape index (κ3) is 4.53. The molecule has 0 aliphatic rings. The second-order valence-electron chi connectivity index (χ2n) is 6.97. The molecule has 2 heterocycles. The zero-order valence-electron chi connectivity index (χ0n) is 15.8. The molecule has 0 amide bonds. The first-order valence-electron chi connectivity index (χ1n) is 9.36. The molecule has 2 aromatic carbocycles. The molecule has 0 aliphatic carbocycles. The average Bonchev–Trinajstić information content (AvgIpc) is 3.25. The summed E-state index contributed by atoms with van der Waals surface area (Å²) < 4.78 is 0. The fraction of sp³-hybridized carbons (Fsp3) is 0.273. The predicted molar refractivity (Wildman–Crippen MR) is 124 cm³/mol. The van der Waals surface area contributed by atoms with E-state index in [1.165, 1.54) is 44.1 Å². The minimum atomic E-state index is 0. The Kier molecular flexibility index (Phi) is 7.96. The third-order valence-corrected chi connectivity index (χ3v) is 5.19. The van der Waals surface area contributed by atoms with Crippen molar-refractivity contribution in [3.8, 4) is 0 Å². The second-order valence-corrected chi connectivity index (χ2v) is 6.97. The summed E-state index contributed by atoms with van der Waals surface area (Å²) in [5, 5.41) is 2.61. The largest absolute Gasteiger partial charge is 0.361 e. The van der Waals surface area contributed by atoms with Crippen molar-refractivity contribution >= 4 is 46.6 Å². The Morgan fingerprint density at radius 2 is 1.04 bits per heavy atom. The van der Waals surface area contributed by atoms with Crippen LogP contribution in [0.2, 0.25) is 0 Å². The number of rotatable bonds is 7. The number of aromatic nitrogens is 2. The van der Waals surface area contributed by atoms with Crippen molar-refractivity contribution in [3.05, 3.63) is 71.0 Å². The molecule has 0 unspecified atom stereocenters. The van der Waals surface area contributed by atoms with Crippen molar-refractivity contribution in [1.82, 2.24) is 9.97 Å². The summed E-state index contributed by atoms with van der Waals surface area (Å²) in [7, 11) is 0.